The smallest absolute Gasteiger partial charge is 0.328 e. The SMILES string of the molecule is CC(C)NC(C(=O)O)(c1ccc(Cl)cc1)C1CC1. The Morgan fingerprint density at radius 2 is 1.94 bits per heavy atom. The Morgan fingerprint density at radius 1 is 1.39 bits per heavy atom. The third-order valence-corrected chi connectivity index (χ3v) is 3.59. The van der Waals surface area contributed by atoms with Gasteiger partial charge in [0.05, 0.1) is 0 Å². The van der Waals surface area contributed by atoms with E-state index in [1.165, 1.54) is 0 Å². The van der Waals surface area contributed by atoms with Gasteiger partial charge in [0.25, 0.3) is 0 Å². The molecule has 0 amide bonds. The normalized spacial score (nSPS) is 18.7. The lowest BCUT2D eigenvalue weighted by Crippen LogP contribution is -2.53. The minimum Gasteiger partial charge on any atom is -0.480 e. The first-order valence-electron chi connectivity index (χ1n) is 6.24. The number of benzene rings is 1. The molecule has 0 heterocycles. The zero-order chi connectivity index (χ0) is 13.3. The second-order valence-electron chi connectivity index (χ2n) is 5.19. The van der Waals surface area contributed by atoms with Crippen LogP contribution in [0.15, 0.2) is 24.3 Å². The van der Waals surface area contributed by atoms with Crippen molar-refractivity contribution in [3.05, 3.63) is 34.9 Å². The van der Waals surface area contributed by atoms with Crippen molar-refractivity contribution in [2.75, 3.05) is 0 Å². The Balaban J connectivity index is 2.45. The van der Waals surface area contributed by atoms with Crippen LogP contribution >= 0.6 is 11.6 Å². The number of halogens is 1. The molecule has 1 fully saturated rings. The summed E-state index contributed by atoms with van der Waals surface area (Å²) in [5, 5.41) is 13.6. The van der Waals surface area contributed by atoms with Gasteiger partial charge in [-0.15, -0.1) is 0 Å². The van der Waals surface area contributed by atoms with Gasteiger partial charge < -0.3 is 5.11 Å². The number of rotatable bonds is 5. The Kier molecular flexibility index (Phi) is 3.64. The highest BCUT2D eigenvalue weighted by Crippen LogP contribution is 2.46. The van der Waals surface area contributed by atoms with Crippen LogP contribution in [0.4, 0.5) is 0 Å². The maximum atomic E-state index is 11.8. The summed E-state index contributed by atoms with van der Waals surface area (Å²) in [6.07, 6.45) is 1.91. The molecule has 1 atom stereocenters. The Bertz CT molecular complexity index is 440. The summed E-state index contributed by atoms with van der Waals surface area (Å²) in [6.45, 7) is 3.94. The van der Waals surface area contributed by atoms with Gasteiger partial charge in [-0.1, -0.05) is 23.7 Å². The van der Waals surface area contributed by atoms with E-state index in [2.05, 4.69) is 5.32 Å². The van der Waals surface area contributed by atoms with Crippen molar-refractivity contribution in [3.8, 4) is 0 Å². The van der Waals surface area contributed by atoms with E-state index in [9.17, 15) is 9.90 Å². The number of aliphatic carboxylic acids is 1. The minimum atomic E-state index is -0.973. The van der Waals surface area contributed by atoms with E-state index in [1.807, 2.05) is 26.0 Å². The van der Waals surface area contributed by atoms with Gasteiger partial charge in [0.2, 0.25) is 0 Å². The third-order valence-electron chi connectivity index (χ3n) is 3.34. The molecule has 1 saturated carbocycles. The quantitative estimate of drug-likeness (QED) is 0.862. The number of hydrogen-bond donors (Lipinski definition) is 2. The average molecular weight is 268 g/mol. The van der Waals surface area contributed by atoms with Crippen LogP contribution in [0.5, 0.6) is 0 Å². The maximum Gasteiger partial charge on any atom is 0.328 e. The summed E-state index contributed by atoms with van der Waals surface area (Å²) in [6, 6.07) is 7.23. The first kappa shape index (κ1) is 13.4. The molecule has 1 unspecified atom stereocenters. The Morgan fingerprint density at radius 3 is 2.33 bits per heavy atom. The number of carbonyl (C=O) groups is 1. The van der Waals surface area contributed by atoms with E-state index in [-0.39, 0.29) is 12.0 Å². The van der Waals surface area contributed by atoms with Crippen molar-refractivity contribution >= 4 is 17.6 Å². The second-order valence-corrected chi connectivity index (χ2v) is 5.63. The van der Waals surface area contributed by atoms with Gasteiger partial charge >= 0.3 is 5.97 Å². The lowest BCUT2D eigenvalue weighted by Gasteiger charge is -2.33. The van der Waals surface area contributed by atoms with Crippen molar-refractivity contribution in [1.82, 2.24) is 5.32 Å². The summed E-state index contributed by atoms with van der Waals surface area (Å²) < 4.78 is 0. The standard InChI is InChI=1S/C14H18ClNO2/c1-9(2)16-14(13(17)18,10-3-4-10)11-5-7-12(15)8-6-11/h5-10,16H,3-4H2,1-2H3,(H,17,18). The molecular weight excluding hydrogens is 250 g/mol. The number of carboxylic acid groups (broad SMARTS) is 1. The predicted octanol–water partition coefficient (Wildman–Crippen LogP) is 3.03. The zero-order valence-corrected chi connectivity index (χ0v) is 11.4. The van der Waals surface area contributed by atoms with E-state index in [0.29, 0.717) is 5.02 Å². The molecule has 0 spiro atoms. The third kappa shape index (κ3) is 2.38. The van der Waals surface area contributed by atoms with Gasteiger partial charge in [-0.3, -0.25) is 5.32 Å². The summed E-state index contributed by atoms with van der Waals surface area (Å²) >= 11 is 5.87. The fourth-order valence-electron chi connectivity index (χ4n) is 2.48. The molecule has 3 nitrogen and oxygen atoms in total. The second kappa shape index (κ2) is 4.90. The van der Waals surface area contributed by atoms with Gasteiger partial charge in [0.1, 0.15) is 5.54 Å². The van der Waals surface area contributed by atoms with E-state index in [1.54, 1.807) is 12.1 Å². The molecule has 0 bridgehead atoms. The molecule has 1 aromatic carbocycles. The van der Waals surface area contributed by atoms with Crippen molar-refractivity contribution in [1.29, 1.82) is 0 Å². The molecule has 2 N–H and O–H groups in total. The van der Waals surface area contributed by atoms with Crippen LogP contribution in [-0.2, 0) is 10.3 Å². The molecule has 1 aliphatic rings. The van der Waals surface area contributed by atoms with E-state index < -0.39 is 11.5 Å². The lowest BCUT2D eigenvalue weighted by molar-refractivity contribution is -0.147. The van der Waals surface area contributed by atoms with E-state index in [0.717, 1.165) is 18.4 Å². The average Bonchev–Trinajstić information content (AvgIpc) is 3.10. The summed E-state index contributed by atoms with van der Waals surface area (Å²) in [5.41, 5.74) is -0.186. The summed E-state index contributed by atoms with van der Waals surface area (Å²) in [4.78, 5) is 11.8. The summed E-state index contributed by atoms with van der Waals surface area (Å²) in [5.74, 6) is -0.639. The van der Waals surface area contributed by atoms with Crippen LogP contribution in [0.2, 0.25) is 5.02 Å². The van der Waals surface area contributed by atoms with Gasteiger partial charge in [-0.05, 0) is 50.3 Å². The maximum absolute atomic E-state index is 11.8. The van der Waals surface area contributed by atoms with Crippen LogP contribution in [0, 0.1) is 5.92 Å². The molecule has 0 saturated heterocycles. The molecule has 0 aliphatic heterocycles. The number of carboxylic acids is 1. The van der Waals surface area contributed by atoms with Crippen molar-refractivity contribution in [2.45, 2.75) is 38.3 Å². The number of hydrogen-bond acceptors (Lipinski definition) is 2. The molecule has 0 radical (unpaired) electrons. The van der Waals surface area contributed by atoms with Crippen molar-refractivity contribution in [3.63, 3.8) is 0 Å². The molecule has 98 valence electrons. The first-order chi connectivity index (χ1) is 8.46. The van der Waals surface area contributed by atoms with Gasteiger partial charge in [-0.25, -0.2) is 4.79 Å². The van der Waals surface area contributed by atoms with Crippen LogP contribution in [0.25, 0.3) is 0 Å². The molecule has 1 aromatic rings. The van der Waals surface area contributed by atoms with E-state index in [4.69, 9.17) is 11.6 Å². The lowest BCUT2D eigenvalue weighted by atomic mass is 9.84. The van der Waals surface area contributed by atoms with Crippen LogP contribution in [0.1, 0.15) is 32.3 Å². The van der Waals surface area contributed by atoms with Crippen molar-refractivity contribution in [2.24, 2.45) is 5.92 Å². The number of nitrogens with one attached hydrogen (secondary N) is 1. The Labute approximate surface area is 112 Å². The highest BCUT2D eigenvalue weighted by Gasteiger charge is 2.52. The van der Waals surface area contributed by atoms with Crippen LogP contribution < -0.4 is 5.32 Å². The topological polar surface area (TPSA) is 49.3 Å². The largest absolute Gasteiger partial charge is 0.480 e. The molecule has 18 heavy (non-hydrogen) atoms. The van der Waals surface area contributed by atoms with Gasteiger partial charge in [0, 0.05) is 11.1 Å². The molecule has 0 aromatic heterocycles. The zero-order valence-electron chi connectivity index (χ0n) is 10.6. The van der Waals surface area contributed by atoms with E-state index >= 15 is 0 Å². The highest BCUT2D eigenvalue weighted by molar-refractivity contribution is 6.30. The van der Waals surface area contributed by atoms with Gasteiger partial charge in [0.15, 0.2) is 0 Å². The highest BCUT2D eigenvalue weighted by atomic mass is 35.5. The molecule has 1 aliphatic carbocycles. The molecule has 4 heteroatoms. The fourth-order valence-corrected chi connectivity index (χ4v) is 2.61. The molecular formula is C14H18ClNO2. The monoisotopic (exact) mass is 267 g/mol. The van der Waals surface area contributed by atoms with Crippen LogP contribution in [0.3, 0.4) is 0 Å². The van der Waals surface area contributed by atoms with Gasteiger partial charge in [-0.2, -0.15) is 0 Å². The fraction of sp³-hybridized carbons (Fsp3) is 0.500. The minimum absolute atomic E-state index is 0.109. The predicted molar refractivity (Wildman–Crippen MR) is 71.8 cm³/mol. The summed E-state index contributed by atoms with van der Waals surface area (Å²) in [7, 11) is 0. The Hall–Kier alpha value is -1.06. The van der Waals surface area contributed by atoms with Crippen LogP contribution in [-0.4, -0.2) is 17.1 Å². The van der Waals surface area contributed by atoms with Crippen molar-refractivity contribution < 1.29 is 9.90 Å². The first-order valence-corrected chi connectivity index (χ1v) is 6.61. The molecule has 2 rings (SSSR count).